The topological polar surface area (TPSA) is 29.5 Å². The molecule has 0 fully saturated rings. The number of amides is 1. The Kier molecular flexibility index (Phi) is 5.24. The number of carbonyl (C=O) groups is 1. The fourth-order valence-corrected chi connectivity index (χ4v) is 2.67. The van der Waals surface area contributed by atoms with Gasteiger partial charge < -0.3 is 9.64 Å². The predicted octanol–water partition coefficient (Wildman–Crippen LogP) is 4.33. The van der Waals surface area contributed by atoms with Crippen molar-refractivity contribution < 1.29 is 9.53 Å². The number of benzene rings is 1. The molecule has 1 aromatic rings. The maximum atomic E-state index is 11.9. The van der Waals surface area contributed by atoms with Crippen LogP contribution in [0.15, 0.2) is 34.8 Å². The first-order valence-electron chi connectivity index (χ1n) is 6.93. The van der Waals surface area contributed by atoms with E-state index in [9.17, 15) is 4.79 Å². The molecule has 4 heteroatoms. The molecule has 2 rings (SSSR count). The van der Waals surface area contributed by atoms with Gasteiger partial charge in [0.15, 0.2) is 0 Å². The van der Waals surface area contributed by atoms with Crippen molar-refractivity contribution in [3.8, 4) is 0 Å². The lowest BCUT2D eigenvalue weighted by atomic mass is 10.00. The third-order valence-electron chi connectivity index (χ3n) is 3.23. The number of carbonyl (C=O) groups excluding carboxylic acids is 1. The van der Waals surface area contributed by atoms with E-state index in [4.69, 9.17) is 4.74 Å². The highest BCUT2D eigenvalue weighted by atomic mass is 79.9. The molecule has 1 aliphatic heterocycles. The Labute approximate surface area is 128 Å². The predicted molar refractivity (Wildman–Crippen MR) is 84.5 cm³/mol. The number of nitrogens with zero attached hydrogens (tertiary/aromatic N) is 1. The highest BCUT2D eigenvalue weighted by Crippen LogP contribution is 2.28. The highest BCUT2D eigenvalue weighted by molar-refractivity contribution is 9.10. The number of halogens is 1. The lowest BCUT2D eigenvalue weighted by Gasteiger charge is -2.26. The maximum Gasteiger partial charge on any atom is 0.410 e. The minimum absolute atomic E-state index is 0.207. The summed E-state index contributed by atoms with van der Waals surface area (Å²) in [5, 5.41) is 0. The van der Waals surface area contributed by atoms with Crippen LogP contribution in [-0.4, -0.2) is 30.7 Å². The molecule has 0 atom stereocenters. The Morgan fingerprint density at radius 2 is 2.15 bits per heavy atom. The second kappa shape index (κ2) is 6.93. The zero-order chi connectivity index (χ0) is 14.5. The molecule has 0 bridgehead atoms. The quantitative estimate of drug-likeness (QED) is 0.821. The summed E-state index contributed by atoms with van der Waals surface area (Å²) >= 11 is 3.57. The van der Waals surface area contributed by atoms with E-state index in [2.05, 4.69) is 28.1 Å². The normalized spacial score (nSPS) is 15.2. The summed E-state index contributed by atoms with van der Waals surface area (Å²) in [6.45, 7) is 5.89. The van der Waals surface area contributed by atoms with Crippen molar-refractivity contribution in [1.82, 2.24) is 4.90 Å². The van der Waals surface area contributed by atoms with Crippen LogP contribution < -0.4 is 0 Å². The number of hydrogen-bond acceptors (Lipinski definition) is 2. The first kappa shape index (κ1) is 15.1. The summed E-state index contributed by atoms with van der Waals surface area (Å²) in [7, 11) is 0. The molecular formula is C16H20BrNO2. The minimum Gasteiger partial charge on any atom is -0.449 e. The van der Waals surface area contributed by atoms with E-state index < -0.39 is 0 Å². The maximum absolute atomic E-state index is 11.9. The molecule has 1 amide bonds. The van der Waals surface area contributed by atoms with E-state index >= 15 is 0 Å². The Hall–Kier alpha value is -1.29. The molecule has 0 N–H and O–H groups in total. The van der Waals surface area contributed by atoms with Crippen LogP contribution in [0.4, 0.5) is 4.79 Å². The van der Waals surface area contributed by atoms with Gasteiger partial charge in [0.05, 0.1) is 6.61 Å². The van der Waals surface area contributed by atoms with Crippen LogP contribution in [0.2, 0.25) is 0 Å². The van der Waals surface area contributed by atoms with Crippen molar-refractivity contribution in [2.24, 2.45) is 5.92 Å². The molecule has 1 aliphatic rings. The second-order valence-corrected chi connectivity index (χ2v) is 6.23. The van der Waals surface area contributed by atoms with Crippen molar-refractivity contribution in [2.45, 2.75) is 20.3 Å². The van der Waals surface area contributed by atoms with Crippen LogP contribution >= 0.6 is 15.9 Å². The molecule has 0 aromatic heterocycles. The molecule has 0 saturated carbocycles. The van der Waals surface area contributed by atoms with E-state index in [0.717, 1.165) is 10.9 Å². The number of ether oxygens (including phenoxy) is 1. The second-order valence-electron chi connectivity index (χ2n) is 5.38. The van der Waals surface area contributed by atoms with E-state index in [1.165, 1.54) is 11.1 Å². The average molecular weight is 338 g/mol. The lowest BCUT2D eigenvalue weighted by molar-refractivity contribution is 0.0954. The minimum atomic E-state index is -0.207. The molecule has 0 aliphatic carbocycles. The van der Waals surface area contributed by atoms with Gasteiger partial charge in [-0.15, -0.1) is 0 Å². The summed E-state index contributed by atoms with van der Waals surface area (Å²) in [4.78, 5) is 13.6. The molecule has 0 unspecified atom stereocenters. The molecule has 3 nitrogen and oxygen atoms in total. The monoisotopic (exact) mass is 337 g/mol. The van der Waals surface area contributed by atoms with Crippen molar-refractivity contribution in [1.29, 1.82) is 0 Å². The lowest BCUT2D eigenvalue weighted by Crippen LogP contribution is -2.35. The largest absolute Gasteiger partial charge is 0.449 e. The van der Waals surface area contributed by atoms with Gasteiger partial charge in [-0.25, -0.2) is 4.79 Å². The van der Waals surface area contributed by atoms with Gasteiger partial charge in [0, 0.05) is 17.6 Å². The SMILES string of the molecule is CC(C)COC(=O)N1CC=C(c2ccccc2Br)CC1. The van der Waals surface area contributed by atoms with Crippen molar-refractivity contribution in [2.75, 3.05) is 19.7 Å². The van der Waals surface area contributed by atoms with Gasteiger partial charge in [0.2, 0.25) is 0 Å². The van der Waals surface area contributed by atoms with Gasteiger partial charge in [0.1, 0.15) is 0 Å². The molecule has 20 heavy (non-hydrogen) atoms. The fraction of sp³-hybridized carbons (Fsp3) is 0.438. The van der Waals surface area contributed by atoms with Gasteiger partial charge in [0.25, 0.3) is 0 Å². The van der Waals surface area contributed by atoms with E-state index in [1.54, 1.807) is 4.90 Å². The summed E-state index contributed by atoms with van der Waals surface area (Å²) in [5.74, 6) is 0.370. The molecule has 0 saturated heterocycles. The van der Waals surface area contributed by atoms with Crippen molar-refractivity contribution >= 4 is 27.6 Å². The summed E-state index contributed by atoms with van der Waals surface area (Å²) in [6, 6.07) is 8.18. The van der Waals surface area contributed by atoms with Crippen LogP contribution in [0.5, 0.6) is 0 Å². The Bertz CT molecular complexity index is 511. The van der Waals surface area contributed by atoms with Crippen LogP contribution in [0.25, 0.3) is 5.57 Å². The number of rotatable bonds is 3. The standard InChI is InChI=1S/C16H20BrNO2/c1-12(2)11-20-16(19)18-9-7-13(8-10-18)14-5-3-4-6-15(14)17/h3-7,12H,8-11H2,1-2H3. The third-order valence-corrected chi connectivity index (χ3v) is 3.92. The summed E-state index contributed by atoms with van der Waals surface area (Å²) < 4.78 is 6.36. The van der Waals surface area contributed by atoms with Crippen molar-refractivity contribution in [3.05, 3.63) is 40.4 Å². The van der Waals surface area contributed by atoms with Gasteiger partial charge in [-0.3, -0.25) is 0 Å². The van der Waals surface area contributed by atoms with Crippen LogP contribution in [0, 0.1) is 5.92 Å². The van der Waals surface area contributed by atoms with E-state index in [-0.39, 0.29) is 6.09 Å². The van der Waals surface area contributed by atoms with Crippen LogP contribution in [0.1, 0.15) is 25.8 Å². The first-order chi connectivity index (χ1) is 9.58. The highest BCUT2D eigenvalue weighted by Gasteiger charge is 2.19. The molecular weight excluding hydrogens is 318 g/mol. The zero-order valence-corrected chi connectivity index (χ0v) is 13.5. The van der Waals surface area contributed by atoms with Crippen molar-refractivity contribution in [3.63, 3.8) is 0 Å². The van der Waals surface area contributed by atoms with Gasteiger partial charge in [-0.1, -0.05) is 54.1 Å². The van der Waals surface area contributed by atoms with Crippen LogP contribution in [0.3, 0.4) is 0 Å². The Balaban J connectivity index is 1.97. The van der Waals surface area contributed by atoms with Gasteiger partial charge in [-0.2, -0.15) is 0 Å². The van der Waals surface area contributed by atoms with E-state index in [1.807, 2.05) is 32.0 Å². The smallest absolute Gasteiger partial charge is 0.410 e. The Morgan fingerprint density at radius 1 is 1.40 bits per heavy atom. The molecule has 0 spiro atoms. The number of hydrogen-bond donors (Lipinski definition) is 0. The molecule has 108 valence electrons. The first-order valence-corrected chi connectivity index (χ1v) is 7.73. The average Bonchev–Trinajstić information content (AvgIpc) is 2.45. The third kappa shape index (κ3) is 3.85. The van der Waals surface area contributed by atoms with Crippen LogP contribution in [-0.2, 0) is 4.74 Å². The summed E-state index contributed by atoms with van der Waals surface area (Å²) in [6.07, 6.45) is 2.76. The Morgan fingerprint density at radius 3 is 2.75 bits per heavy atom. The van der Waals surface area contributed by atoms with Gasteiger partial charge >= 0.3 is 6.09 Å². The molecule has 1 aromatic carbocycles. The summed E-state index contributed by atoms with van der Waals surface area (Å²) in [5.41, 5.74) is 2.49. The molecule has 1 heterocycles. The fourth-order valence-electron chi connectivity index (χ4n) is 2.13. The van der Waals surface area contributed by atoms with Gasteiger partial charge in [-0.05, 0) is 29.5 Å². The zero-order valence-electron chi connectivity index (χ0n) is 11.9. The van der Waals surface area contributed by atoms with E-state index in [0.29, 0.717) is 25.6 Å². The molecule has 0 radical (unpaired) electrons.